The lowest BCUT2D eigenvalue weighted by atomic mass is 10.0. The van der Waals surface area contributed by atoms with Crippen LogP contribution in [0.3, 0.4) is 0 Å². The van der Waals surface area contributed by atoms with Crippen LogP contribution in [0.25, 0.3) is 0 Å². The fourth-order valence-corrected chi connectivity index (χ4v) is 10.6. The highest BCUT2D eigenvalue weighted by atomic mass is 16.5. The molecule has 0 aromatic carbocycles. The van der Waals surface area contributed by atoms with Crippen molar-refractivity contribution in [2.75, 3.05) is 13.2 Å². The molecule has 0 aromatic heterocycles. The van der Waals surface area contributed by atoms with E-state index in [0.717, 1.165) is 38.5 Å². The van der Waals surface area contributed by atoms with Crippen LogP contribution in [0, 0.1) is 0 Å². The Morgan fingerprint density at radius 1 is 0.338 bits per heavy atom. The first-order chi connectivity index (χ1) is 35.0. The number of carbonyl (C=O) groups excluding carboxylic acids is 2. The van der Waals surface area contributed by atoms with Gasteiger partial charge in [-0.25, -0.2) is 0 Å². The molecule has 6 nitrogen and oxygen atoms in total. The van der Waals surface area contributed by atoms with E-state index in [1.807, 2.05) is 0 Å². The molecule has 2 atom stereocenters. The largest absolute Gasteiger partial charge is 0.466 e. The molecule has 0 aromatic rings. The van der Waals surface area contributed by atoms with Gasteiger partial charge in [-0.2, -0.15) is 0 Å². The SMILES string of the molecule is CCCCCCCCCCCCCCCCCCCCCC(O)C(CO)NC(=O)CCCCCCCCCCCCCCCCCCCCCOC(=O)CCCCCCCCCCCCCCCCCC. The Hall–Kier alpha value is -1.14. The molecule has 0 rings (SSSR count). The summed E-state index contributed by atoms with van der Waals surface area (Å²) in [5.74, 6) is -0.0192. The zero-order valence-electron chi connectivity index (χ0n) is 48.5. The molecular weight excluding hydrogens is 875 g/mol. The molecule has 0 spiro atoms. The third-order valence-electron chi connectivity index (χ3n) is 15.7. The van der Waals surface area contributed by atoms with E-state index in [9.17, 15) is 19.8 Å². The number of nitrogens with one attached hydrogen (secondary N) is 1. The van der Waals surface area contributed by atoms with Gasteiger partial charge < -0.3 is 20.3 Å². The van der Waals surface area contributed by atoms with Gasteiger partial charge in [0.25, 0.3) is 0 Å². The van der Waals surface area contributed by atoms with Crippen LogP contribution in [0.4, 0.5) is 0 Å². The first-order valence-electron chi connectivity index (χ1n) is 32.8. The number of carbonyl (C=O) groups is 2. The molecule has 0 heterocycles. The summed E-state index contributed by atoms with van der Waals surface area (Å²) in [6.07, 6.45) is 72.6. The Bertz CT molecular complexity index is 1020. The van der Waals surface area contributed by atoms with E-state index < -0.39 is 12.1 Å². The van der Waals surface area contributed by atoms with Crippen LogP contribution in [0.15, 0.2) is 0 Å². The number of amides is 1. The number of hydrogen-bond donors (Lipinski definition) is 3. The molecule has 3 N–H and O–H groups in total. The Labute approximate surface area is 445 Å². The summed E-state index contributed by atoms with van der Waals surface area (Å²) < 4.78 is 5.50. The van der Waals surface area contributed by atoms with Gasteiger partial charge in [-0.15, -0.1) is 0 Å². The predicted octanol–water partition coefficient (Wildman–Crippen LogP) is 20.6. The number of unbranched alkanes of at least 4 members (excludes halogenated alkanes) is 51. The first kappa shape index (κ1) is 69.9. The molecular formula is C65H129NO5. The second kappa shape index (κ2) is 61.4. The summed E-state index contributed by atoms with van der Waals surface area (Å²) in [6, 6.07) is -0.543. The highest BCUT2D eigenvalue weighted by Crippen LogP contribution is 2.19. The molecule has 0 aliphatic carbocycles. The maximum absolute atomic E-state index is 12.5. The molecule has 2 unspecified atom stereocenters. The highest BCUT2D eigenvalue weighted by Gasteiger charge is 2.20. The molecule has 0 saturated carbocycles. The van der Waals surface area contributed by atoms with Crippen LogP contribution in [-0.2, 0) is 14.3 Å². The summed E-state index contributed by atoms with van der Waals surface area (Å²) in [6.45, 7) is 4.99. The fraction of sp³-hybridized carbons (Fsp3) is 0.969. The van der Waals surface area contributed by atoms with Crippen molar-refractivity contribution in [2.45, 2.75) is 392 Å². The van der Waals surface area contributed by atoms with Crippen molar-refractivity contribution < 1.29 is 24.5 Å². The van der Waals surface area contributed by atoms with E-state index in [1.165, 1.54) is 308 Å². The topological polar surface area (TPSA) is 95.9 Å². The molecule has 0 saturated heterocycles. The number of esters is 1. The first-order valence-corrected chi connectivity index (χ1v) is 32.8. The van der Waals surface area contributed by atoms with Gasteiger partial charge in [0.05, 0.1) is 25.4 Å². The van der Waals surface area contributed by atoms with Gasteiger partial charge in [-0.05, 0) is 25.7 Å². The lowest BCUT2D eigenvalue weighted by Crippen LogP contribution is -2.45. The fourth-order valence-electron chi connectivity index (χ4n) is 10.6. The van der Waals surface area contributed by atoms with Crippen molar-refractivity contribution in [3.05, 3.63) is 0 Å². The van der Waals surface area contributed by atoms with E-state index in [0.29, 0.717) is 25.9 Å². The maximum Gasteiger partial charge on any atom is 0.305 e. The predicted molar refractivity (Wildman–Crippen MR) is 310 cm³/mol. The average Bonchev–Trinajstić information content (AvgIpc) is 3.37. The summed E-state index contributed by atoms with van der Waals surface area (Å²) in [4.78, 5) is 24.6. The lowest BCUT2D eigenvalue weighted by Gasteiger charge is -2.22. The molecule has 6 heteroatoms. The number of aliphatic hydroxyl groups excluding tert-OH is 2. The minimum absolute atomic E-state index is 0.0140. The summed E-state index contributed by atoms with van der Waals surface area (Å²) in [5, 5.41) is 23.4. The van der Waals surface area contributed by atoms with Crippen molar-refractivity contribution in [3.63, 3.8) is 0 Å². The van der Waals surface area contributed by atoms with Crippen molar-refractivity contribution in [2.24, 2.45) is 0 Å². The van der Waals surface area contributed by atoms with Crippen molar-refractivity contribution in [1.82, 2.24) is 5.32 Å². The number of ether oxygens (including phenoxy) is 1. The van der Waals surface area contributed by atoms with Crippen LogP contribution in [0.2, 0.25) is 0 Å². The molecule has 0 aliphatic rings. The van der Waals surface area contributed by atoms with Crippen LogP contribution >= 0.6 is 0 Å². The normalized spacial score (nSPS) is 12.5. The van der Waals surface area contributed by atoms with Crippen molar-refractivity contribution in [3.8, 4) is 0 Å². The van der Waals surface area contributed by atoms with Crippen LogP contribution in [0.5, 0.6) is 0 Å². The van der Waals surface area contributed by atoms with Gasteiger partial charge in [0.2, 0.25) is 5.91 Å². The van der Waals surface area contributed by atoms with Crippen LogP contribution in [0.1, 0.15) is 380 Å². The standard InChI is InChI=1S/C65H129NO5/c1-3-5-7-9-11-13-15-17-19-21-23-26-29-33-37-41-45-49-53-57-63(68)62(61-67)66-64(69)58-54-50-46-42-38-34-30-27-24-22-25-28-32-36-40-44-48-52-56-60-71-65(70)59-55-51-47-43-39-35-31-20-18-16-14-12-10-8-6-4-2/h62-63,67-68H,3-61H2,1-2H3,(H,66,69). The van der Waals surface area contributed by atoms with Gasteiger partial charge >= 0.3 is 5.97 Å². The summed E-state index contributed by atoms with van der Waals surface area (Å²) in [7, 11) is 0. The monoisotopic (exact) mass is 1000 g/mol. The average molecular weight is 1000 g/mol. The molecule has 1 amide bonds. The van der Waals surface area contributed by atoms with Crippen molar-refractivity contribution >= 4 is 11.9 Å². The number of hydrogen-bond acceptors (Lipinski definition) is 5. The Kier molecular flexibility index (Phi) is 60.4. The van der Waals surface area contributed by atoms with Gasteiger partial charge in [-0.3, -0.25) is 9.59 Å². The van der Waals surface area contributed by atoms with E-state index in [4.69, 9.17) is 4.74 Å². The summed E-state index contributed by atoms with van der Waals surface area (Å²) in [5.41, 5.74) is 0. The Morgan fingerprint density at radius 3 is 0.859 bits per heavy atom. The van der Waals surface area contributed by atoms with Crippen molar-refractivity contribution in [1.29, 1.82) is 0 Å². The molecule has 0 aliphatic heterocycles. The second-order valence-corrected chi connectivity index (χ2v) is 22.8. The zero-order valence-corrected chi connectivity index (χ0v) is 48.5. The summed E-state index contributed by atoms with van der Waals surface area (Å²) >= 11 is 0. The number of aliphatic hydroxyl groups is 2. The third-order valence-corrected chi connectivity index (χ3v) is 15.7. The van der Waals surface area contributed by atoms with E-state index in [2.05, 4.69) is 19.2 Å². The molecule has 0 fully saturated rings. The maximum atomic E-state index is 12.5. The molecule has 71 heavy (non-hydrogen) atoms. The Balaban J connectivity index is 3.38. The van der Waals surface area contributed by atoms with Crippen LogP contribution < -0.4 is 5.32 Å². The second-order valence-electron chi connectivity index (χ2n) is 22.8. The van der Waals surface area contributed by atoms with Gasteiger partial charge in [0.1, 0.15) is 0 Å². The molecule has 0 bridgehead atoms. The van der Waals surface area contributed by atoms with Gasteiger partial charge in [0.15, 0.2) is 0 Å². The van der Waals surface area contributed by atoms with Gasteiger partial charge in [0, 0.05) is 12.8 Å². The van der Waals surface area contributed by atoms with E-state index in [-0.39, 0.29) is 18.5 Å². The lowest BCUT2D eigenvalue weighted by molar-refractivity contribution is -0.143. The minimum Gasteiger partial charge on any atom is -0.466 e. The Morgan fingerprint density at radius 2 is 0.577 bits per heavy atom. The van der Waals surface area contributed by atoms with Crippen LogP contribution in [-0.4, -0.2) is 47.4 Å². The minimum atomic E-state index is -0.666. The highest BCUT2D eigenvalue weighted by molar-refractivity contribution is 5.76. The quantitative estimate of drug-likeness (QED) is 0.0417. The third kappa shape index (κ3) is 58.0. The van der Waals surface area contributed by atoms with E-state index in [1.54, 1.807) is 0 Å². The zero-order chi connectivity index (χ0) is 51.4. The van der Waals surface area contributed by atoms with E-state index >= 15 is 0 Å². The molecule has 424 valence electrons. The smallest absolute Gasteiger partial charge is 0.305 e. The van der Waals surface area contributed by atoms with Gasteiger partial charge in [-0.1, -0.05) is 341 Å². The number of rotatable bonds is 62. The molecule has 0 radical (unpaired) electrons.